The van der Waals surface area contributed by atoms with Crippen molar-refractivity contribution in [1.29, 1.82) is 0 Å². The van der Waals surface area contributed by atoms with Crippen molar-refractivity contribution >= 4 is 17.4 Å². The van der Waals surface area contributed by atoms with Gasteiger partial charge >= 0.3 is 0 Å². The summed E-state index contributed by atoms with van der Waals surface area (Å²) in [7, 11) is 0. The highest BCUT2D eigenvalue weighted by atomic mass is 16.6. The molecule has 21 heavy (non-hydrogen) atoms. The number of ether oxygens (including phenoxy) is 2. The Hall–Kier alpha value is -1.98. The van der Waals surface area contributed by atoms with Crippen LogP contribution in [0, 0.1) is 0 Å². The summed E-state index contributed by atoms with van der Waals surface area (Å²) in [6, 6.07) is 9.21. The first-order valence-corrected chi connectivity index (χ1v) is 7.09. The van der Waals surface area contributed by atoms with Gasteiger partial charge in [0.05, 0.1) is 30.5 Å². The number of hydrogen-bond acceptors (Lipinski definition) is 4. The summed E-state index contributed by atoms with van der Waals surface area (Å²) in [5.41, 5.74) is 1.58. The summed E-state index contributed by atoms with van der Waals surface area (Å²) >= 11 is 0. The van der Waals surface area contributed by atoms with Crippen molar-refractivity contribution in [3.05, 3.63) is 41.5 Å². The summed E-state index contributed by atoms with van der Waals surface area (Å²) in [6.07, 6.45) is 0.356. The van der Waals surface area contributed by atoms with Gasteiger partial charge in [0.2, 0.25) is 0 Å². The molecule has 110 valence electrons. The van der Waals surface area contributed by atoms with Gasteiger partial charge in [-0.15, -0.1) is 0 Å². The van der Waals surface area contributed by atoms with Crippen molar-refractivity contribution in [2.75, 3.05) is 13.2 Å². The standard InChI is InChI=1S/C16H17NO4/c1-2-12(21-9-11-8-20-11)14-13(15(18)17-16(14)19)10-6-4-3-5-7-10/h3-7,11-12H,2,8-9H2,1H3,(H,17,18,19). The van der Waals surface area contributed by atoms with Crippen LogP contribution in [-0.4, -0.2) is 37.2 Å². The zero-order valence-corrected chi connectivity index (χ0v) is 11.8. The van der Waals surface area contributed by atoms with E-state index in [1.807, 2.05) is 37.3 Å². The third-order valence-corrected chi connectivity index (χ3v) is 3.61. The third-order valence-electron chi connectivity index (χ3n) is 3.61. The van der Waals surface area contributed by atoms with Gasteiger partial charge in [0, 0.05) is 0 Å². The molecule has 5 nitrogen and oxygen atoms in total. The number of benzene rings is 1. The lowest BCUT2D eigenvalue weighted by Gasteiger charge is -2.16. The second-order valence-electron chi connectivity index (χ2n) is 5.12. The molecule has 2 heterocycles. The minimum absolute atomic E-state index is 0.125. The second-order valence-corrected chi connectivity index (χ2v) is 5.12. The number of nitrogens with one attached hydrogen (secondary N) is 1. The topological polar surface area (TPSA) is 67.9 Å². The van der Waals surface area contributed by atoms with Crippen molar-refractivity contribution in [2.24, 2.45) is 0 Å². The first-order valence-electron chi connectivity index (χ1n) is 7.09. The smallest absolute Gasteiger partial charge is 0.259 e. The van der Waals surface area contributed by atoms with Gasteiger partial charge in [0.1, 0.15) is 6.10 Å². The van der Waals surface area contributed by atoms with Crippen LogP contribution in [0.2, 0.25) is 0 Å². The average molecular weight is 287 g/mol. The molecule has 1 fully saturated rings. The van der Waals surface area contributed by atoms with Gasteiger partial charge < -0.3 is 9.47 Å². The van der Waals surface area contributed by atoms with Crippen molar-refractivity contribution in [2.45, 2.75) is 25.6 Å². The Morgan fingerprint density at radius 3 is 2.62 bits per heavy atom. The highest BCUT2D eigenvalue weighted by Crippen LogP contribution is 2.29. The molecular weight excluding hydrogens is 270 g/mol. The van der Waals surface area contributed by atoms with Gasteiger partial charge in [-0.25, -0.2) is 0 Å². The molecule has 1 aromatic carbocycles. The molecule has 0 spiro atoms. The molecule has 2 amide bonds. The zero-order chi connectivity index (χ0) is 14.8. The fraction of sp³-hybridized carbons (Fsp3) is 0.375. The summed E-state index contributed by atoms with van der Waals surface area (Å²) < 4.78 is 10.9. The molecule has 2 atom stereocenters. The van der Waals surface area contributed by atoms with Crippen molar-refractivity contribution < 1.29 is 19.1 Å². The van der Waals surface area contributed by atoms with E-state index < -0.39 is 6.10 Å². The molecule has 0 aromatic heterocycles. The molecule has 5 heteroatoms. The van der Waals surface area contributed by atoms with Crippen molar-refractivity contribution in [1.82, 2.24) is 5.32 Å². The lowest BCUT2D eigenvalue weighted by molar-refractivity contribution is -0.124. The quantitative estimate of drug-likeness (QED) is 0.632. The molecule has 2 unspecified atom stereocenters. The minimum Gasteiger partial charge on any atom is -0.371 e. The Labute approximate surface area is 122 Å². The van der Waals surface area contributed by atoms with Gasteiger partial charge in [-0.05, 0) is 12.0 Å². The summed E-state index contributed by atoms with van der Waals surface area (Å²) in [4.78, 5) is 24.2. The zero-order valence-electron chi connectivity index (χ0n) is 11.8. The summed E-state index contributed by atoms with van der Waals surface area (Å²) in [6.45, 7) is 3.09. The number of carbonyl (C=O) groups is 2. The Bertz CT molecular complexity index is 590. The molecular formula is C16H17NO4. The number of imide groups is 1. The van der Waals surface area contributed by atoms with E-state index in [0.717, 1.165) is 5.56 Å². The number of rotatable bonds is 6. The largest absolute Gasteiger partial charge is 0.371 e. The Balaban J connectivity index is 1.94. The fourth-order valence-corrected chi connectivity index (χ4v) is 2.46. The molecule has 0 radical (unpaired) electrons. The first-order chi connectivity index (χ1) is 10.2. The van der Waals surface area contributed by atoms with E-state index in [1.54, 1.807) is 0 Å². The molecule has 0 aliphatic carbocycles. The SMILES string of the molecule is CCC(OCC1CO1)C1=C(c2ccccc2)C(=O)NC1=O. The molecule has 1 aromatic rings. The predicted molar refractivity (Wildman–Crippen MR) is 76.3 cm³/mol. The van der Waals surface area contributed by atoms with E-state index in [-0.39, 0.29) is 17.9 Å². The average Bonchev–Trinajstić information content (AvgIpc) is 3.26. The van der Waals surface area contributed by atoms with Crippen LogP contribution in [0.3, 0.4) is 0 Å². The molecule has 2 aliphatic heterocycles. The van der Waals surface area contributed by atoms with Crippen molar-refractivity contribution in [3.63, 3.8) is 0 Å². The van der Waals surface area contributed by atoms with E-state index in [2.05, 4.69) is 5.32 Å². The third kappa shape index (κ3) is 2.89. The van der Waals surface area contributed by atoms with E-state index in [0.29, 0.717) is 30.8 Å². The van der Waals surface area contributed by atoms with Gasteiger partial charge in [-0.2, -0.15) is 0 Å². The Morgan fingerprint density at radius 1 is 1.29 bits per heavy atom. The van der Waals surface area contributed by atoms with Crippen LogP contribution in [0.1, 0.15) is 18.9 Å². The van der Waals surface area contributed by atoms with E-state index in [9.17, 15) is 9.59 Å². The summed E-state index contributed by atoms with van der Waals surface area (Å²) in [5, 5.41) is 2.37. The number of carbonyl (C=O) groups excluding carboxylic acids is 2. The first kappa shape index (κ1) is 14.0. The normalized spacial score (nSPS) is 22.4. The number of amides is 2. The van der Waals surface area contributed by atoms with E-state index in [4.69, 9.17) is 9.47 Å². The Morgan fingerprint density at radius 2 is 2.00 bits per heavy atom. The maximum absolute atomic E-state index is 12.1. The monoisotopic (exact) mass is 287 g/mol. The van der Waals surface area contributed by atoms with Gasteiger partial charge in [0.15, 0.2) is 0 Å². The van der Waals surface area contributed by atoms with E-state index in [1.165, 1.54) is 0 Å². The molecule has 1 saturated heterocycles. The van der Waals surface area contributed by atoms with Crippen LogP contribution in [0.5, 0.6) is 0 Å². The van der Waals surface area contributed by atoms with Gasteiger partial charge in [-0.3, -0.25) is 14.9 Å². The molecule has 3 rings (SSSR count). The number of hydrogen-bond donors (Lipinski definition) is 1. The molecule has 1 N–H and O–H groups in total. The van der Waals surface area contributed by atoms with Gasteiger partial charge in [0.25, 0.3) is 11.8 Å². The lowest BCUT2D eigenvalue weighted by Crippen LogP contribution is -2.27. The second kappa shape index (κ2) is 5.79. The fourth-order valence-electron chi connectivity index (χ4n) is 2.46. The van der Waals surface area contributed by atoms with Crippen LogP contribution in [0.4, 0.5) is 0 Å². The maximum atomic E-state index is 12.1. The van der Waals surface area contributed by atoms with Crippen LogP contribution in [-0.2, 0) is 19.1 Å². The Kier molecular flexibility index (Phi) is 3.86. The highest BCUT2D eigenvalue weighted by molar-refractivity contribution is 6.36. The van der Waals surface area contributed by atoms with Crippen LogP contribution < -0.4 is 5.32 Å². The van der Waals surface area contributed by atoms with Crippen molar-refractivity contribution in [3.8, 4) is 0 Å². The summed E-state index contributed by atoms with van der Waals surface area (Å²) in [5.74, 6) is -0.714. The van der Waals surface area contributed by atoms with Gasteiger partial charge in [-0.1, -0.05) is 37.3 Å². The minimum atomic E-state index is -0.393. The highest BCUT2D eigenvalue weighted by Gasteiger charge is 2.36. The molecule has 0 saturated carbocycles. The number of epoxide rings is 1. The van der Waals surface area contributed by atoms with Crippen LogP contribution in [0.15, 0.2) is 35.9 Å². The molecule has 2 aliphatic rings. The van der Waals surface area contributed by atoms with Crippen LogP contribution in [0.25, 0.3) is 5.57 Å². The maximum Gasteiger partial charge on any atom is 0.259 e. The molecule has 0 bridgehead atoms. The van der Waals surface area contributed by atoms with E-state index >= 15 is 0 Å². The predicted octanol–water partition coefficient (Wildman–Crippen LogP) is 1.29. The van der Waals surface area contributed by atoms with Crippen LogP contribution >= 0.6 is 0 Å². The lowest BCUT2D eigenvalue weighted by atomic mass is 9.97.